The molecule has 0 bridgehead atoms. The molecule has 1 saturated heterocycles. The topological polar surface area (TPSA) is 82.8 Å². The lowest BCUT2D eigenvalue weighted by molar-refractivity contribution is -0.384. The second-order valence-corrected chi connectivity index (χ2v) is 6.67. The van der Waals surface area contributed by atoms with Crippen LogP contribution in [0.15, 0.2) is 29.3 Å². The van der Waals surface area contributed by atoms with Crippen LogP contribution in [0.1, 0.15) is 39.2 Å². The standard InChI is InChI=1S/C18H29N5O2/c1-4-19-18(21-16-9-11-22(12-10-16)14(2)3)20-13-15-5-7-17(8-6-15)23(24)25/h5-8,14,16H,4,9-13H2,1-3H3,(H2,19,20,21). The number of aliphatic imine (C=N–C) groups is 1. The number of nitro benzene ring substituents is 1. The van der Waals surface area contributed by atoms with E-state index in [-0.39, 0.29) is 10.6 Å². The summed E-state index contributed by atoms with van der Waals surface area (Å²) < 4.78 is 0. The van der Waals surface area contributed by atoms with Gasteiger partial charge in [0.1, 0.15) is 0 Å². The Hall–Kier alpha value is -2.15. The Morgan fingerprint density at radius 2 is 1.96 bits per heavy atom. The zero-order chi connectivity index (χ0) is 18.2. The summed E-state index contributed by atoms with van der Waals surface area (Å²) in [6.45, 7) is 10.0. The van der Waals surface area contributed by atoms with Gasteiger partial charge < -0.3 is 15.5 Å². The molecule has 0 spiro atoms. The van der Waals surface area contributed by atoms with Crippen molar-refractivity contribution in [3.8, 4) is 0 Å². The SMILES string of the molecule is CCNC(=NCc1ccc([N+](=O)[O-])cc1)NC1CCN(C(C)C)CC1. The number of rotatable bonds is 6. The third-order valence-electron chi connectivity index (χ3n) is 4.51. The molecule has 1 aromatic carbocycles. The molecule has 0 amide bonds. The highest BCUT2D eigenvalue weighted by Gasteiger charge is 2.21. The predicted octanol–water partition coefficient (Wildman–Crippen LogP) is 2.52. The van der Waals surface area contributed by atoms with Gasteiger partial charge >= 0.3 is 0 Å². The first-order valence-corrected chi connectivity index (χ1v) is 9.01. The maximum absolute atomic E-state index is 10.7. The Labute approximate surface area is 149 Å². The number of guanidine groups is 1. The van der Waals surface area contributed by atoms with Gasteiger partial charge in [-0.1, -0.05) is 12.1 Å². The fourth-order valence-corrected chi connectivity index (χ4v) is 2.97. The van der Waals surface area contributed by atoms with E-state index in [1.165, 1.54) is 12.1 Å². The largest absolute Gasteiger partial charge is 0.357 e. The van der Waals surface area contributed by atoms with Crippen molar-refractivity contribution >= 4 is 11.6 Å². The number of likely N-dealkylation sites (tertiary alicyclic amines) is 1. The molecule has 0 saturated carbocycles. The molecule has 1 heterocycles. The number of nitrogens with zero attached hydrogens (tertiary/aromatic N) is 3. The highest BCUT2D eigenvalue weighted by molar-refractivity contribution is 5.80. The van der Waals surface area contributed by atoms with E-state index in [1.54, 1.807) is 12.1 Å². The molecule has 25 heavy (non-hydrogen) atoms. The van der Waals surface area contributed by atoms with E-state index >= 15 is 0 Å². The molecular formula is C18H29N5O2. The Balaban J connectivity index is 1.91. The number of piperidine rings is 1. The molecule has 0 unspecified atom stereocenters. The first-order chi connectivity index (χ1) is 12.0. The Morgan fingerprint density at radius 1 is 1.32 bits per heavy atom. The van der Waals surface area contributed by atoms with Crippen molar-refractivity contribution in [2.45, 2.75) is 52.2 Å². The van der Waals surface area contributed by atoms with Crippen LogP contribution in [0.4, 0.5) is 5.69 Å². The minimum atomic E-state index is -0.387. The number of hydrogen-bond donors (Lipinski definition) is 2. The molecule has 1 aromatic rings. The fourth-order valence-electron chi connectivity index (χ4n) is 2.97. The Morgan fingerprint density at radius 3 is 2.48 bits per heavy atom. The maximum Gasteiger partial charge on any atom is 0.269 e. The van der Waals surface area contributed by atoms with Crippen LogP contribution in [0.25, 0.3) is 0 Å². The van der Waals surface area contributed by atoms with E-state index in [9.17, 15) is 10.1 Å². The van der Waals surface area contributed by atoms with Crippen LogP contribution in [0.3, 0.4) is 0 Å². The maximum atomic E-state index is 10.7. The lowest BCUT2D eigenvalue weighted by Gasteiger charge is -2.35. The summed E-state index contributed by atoms with van der Waals surface area (Å²) in [5, 5.41) is 17.5. The average molecular weight is 347 g/mol. The zero-order valence-electron chi connectivity index (χ0n) is 15.4. The molecule has 0 radical (unpaired) electrons. The van der Waals surface area contributed by atoms with Gasteiger partial charge in [0.2, 0.25) is 0 Å². The van der Waals surface area contributed by atoms with E-state index in [1.807, 2.05) is 6.92 Å². The third kappa shape index (κ3) is 6.01. The third-order valence-corrected chi connectivity index (χ3v) is 4.51. The van der Waals surface area contributed by atoms with Crippen molar-refractivity contribution in [1.29, 1.82) is 0 Å². The van der Waals surface area contributed by atoms with Crippen LogP contribution in [-0.2, 0) is 6.54 Å². The Kier molecular flexibility index (Phi) is 7.18. The number of non-ortho nitro benzene ring substituents is 1. The van der Waals surface area contributed by atoms with Crippen LogP contribution < -0.4 is 10.6 Å². The zero-order valence-corrected chi connectivity index (χ0v) is 15.4. The molecule has 0 aliphatic carbocycles. The van der Waals surface area contributed by atoms with Crippen molar-refractivity contribution in [3.63, 3.8) is 0 Å². The van der Waals surface area contributed by atoms with Crippen LogP contribution in [0.5, 0.6) is 0 Å². The van der Waals surface area contributed by atoms with E-state index in [4.69, 9.17) is 0 Å². The lowest BCUT2D eigenvalue weighted by atomic mass is 10.0. The van der Waals surface area contributed by atoms with Crippen LogP contribution in [0, 0.1) is 10.1 Å². The number of nitrogens with one attached hydrogen (secondary N) is 2. The summed E-state index contributed by atoms with van der Waals surface area (Å²) in [5.41, 5.74) is 1.06. The minimum Gasteiger partial charge on any atom is -0.357 e. The van der Waals surface area contributed by atoms with Gasteiger partial charge in [0.25, 0.3) is 5.69 Å². The summed E-state index contributed by atoms with van der Waals surface area (Å²) in [4.78, 5) is 17.4. The molecule has 1 aliphatic heterocycles. The molecule has 0 aromatic heterocycles. The Bertz CT molecular complexity index is 578. The second kappa shape index (κ2) is 9.36. The van der Waals surface area contributed by atoms with Crippen molar-refractivity contribution in [2.24, 2.45) is 4.99 Å². The van der Waals surface area contributed by atoms with E-state index < -0.39 is 0 Å². The number of hydrogen-bond acceptors (Lipinski definition) is 4. The summed E-state index contributed by atoms with van der Waals surface area (Å²) in [5.74, 6) is 0.809. The monoisotopic (exact) mass is 347 g/mol. The lowest BCUT2D eigenvalue weighted by Crippen LogP contribution is -2.49. The molecule has 2 N–H and O–H groups in total. The molecule has 1 fully saturated rings. The van der Waals surface area contributed by atoms with Crippen molar-refractivity contribution in [3.05, 3.63) is 39.9 Å². The first kappa shape index (κ1) is 19.2. The molecule has 1 aliphatic rings. The highest BCUT2D eigenvalue weighted by Crippen LogP contribution is 2.14. The van der Waals surface area contributed by atoms with E-state index in [0.717, 1.165) is 44.0 Å². The van der Waals surface area contributed by atoms with Crippen LogP contribution >= 0.6 is 0 Å². The smallest absolute Gasteiger partial charge is 0.269 e. The van der Waals surface area contributed by atoms with Crippen molar-refractivity contribution in [2.75, 3.05) is 19.6 Å². The summed E-state index contributed by atoms with van der Waals surface area (Å²) in [6.07, 6.45) is 2.22. The van der Waals surface area contributed by atoms with E-state index in [2.05, 4.69) is 34.4 Å². The van der Waals surface area contributed by atoms with Gasteiger partial charge in [0, 0.05) is 43.9 Å². The predicted molar refractivity (Wildman–Crippen MR) is 101 cm³/mol. The van der Waals surface area contributed by atoms with Crippen LogP contribution in [0.2, 0.25) is 0 Å². The van der Waals surface area contributed by atoms with Gasteiger partial charge in [-0.2, -0.15) is 0 Å². The molecule has 2 rings (SSSR count). The quantitative estimate of drug-likeness (QED) is 0.358. The van der Waals surface area contributed by atoms with Gasteiger partial charge in [-0.05, 0) is 39.2 Å². The minimum absolute atomic E-state index is 0.106. The average Bonchev–Trinajstić information content (AvgIpc) is 2.60. The van der Waals surface area contributed by atoms with E-state index in [0.29, 0.717) is 18.6 Å². The van der Waals surface area contributed by atoms with Crippen LogP contribution in [-0.4, -0.2) is 47.5 Å². The van der Waals surface area contributed by atoms with Gasteiger partial charge in [-0.3, -0.25) is 10.1 Å². The fraction of sp³-hybridized carbons (Fsp3) is 0.611. The summed E-state index contributed by atoms with van der Waals surface area (Å²) in [7, 11) is 0. The van der Waals surface area contributed by atoms with Gasteiger partial charge in [-0.15, -0.1) is 0 Å². The van der Waals surface area contributed by atoms with Gasteiger partial charge in [0.15, 0.2) is 5.96 Å². The molecule has 7 heteroatoms. The number of nitro groups is 1. The number of benzene rings is 1. The van der Waals surface area contributed by atoms with Gasteiger partial charge in [-0.25, -0.2) is 4.99 Å². The first-order valence-electron chi connectivity index (χ1n) is 9.01. The second-order valence-electron chi connectivity index (χ2n) is 6.67. The van der Waals surface area contributed by atoms with Crippen molar-refractivity contribution in [1.82, 2.24) is 15.5 Å². The highest BCUT2D eigenvalue weighted by atomic mass is 16.6. The summed E-state index contributed by atoms with van der Waals surface area (Å²) in [6, 6.07) is 7.59. The normalized spacial score (nSPS) is 16.9. The molecule has 138 valence electrons. The molecule has 7 nitrogen and oxygen atoms in total. The molecular weight excluding hydrogens is 318 g/mol. The van der Waals surface area contributed by atoms with Crippen molar-refractivity contribution < 1.29 is 4.92 Å². The summed E-state index contributed by atoms with van der Waals surface area (Å²) >= 11 is 0. The van der Waals surface area contributed by atoms with Gasteiger partial charge in [0.05, 0.1) is 11.5 Å². The molecule has 0 atom stereocenters.